The summed E-state index contributed by atoms with van der Waals surface area (Å²) in [5.41, 5.74) is 0.373. The van der Waals surface area contributed by atoms with Crippen molar-refractivity contribution in [1.82, 2.24) is 10.6 Å². The van der Waals surface area contributed by atoms with Crippen LogP contribution in [0.5, 0.6) is 0 Å². The lowest BCUT2D eigenvalue weighted by Crippen LogP contribution is -2.65. The molecule has 1 spiro atoms. The third-order valence-electron chi connectivity index (χ3n) is 5.04. The molecule has 2 rings (SSSR count). The van der Waals surface area contributed by atoms with Gasteiger partial charge in [0.15, 0.2) is 5.96 Å². The highest BCUT2D eigenvalue weighted by molar-refractivity contribution is 14.0. The van der Waals surface area contributed by atoms with Crippen molar-refractivity contribution in [2.24, 2.45) is 10.4 Å². The number of nitrogens with zero attached hydrogens (tertiary/aromatic N) is 1. The van der Waals surface area contributed by atoms with Crippen molar-refractivity contribution in [2.45, 2.75) is 70.9 Å². The van der Waals surface area contributed by atoms with Crippen LogP contribution in [0.15, 0.2) is 4.99 Å². The molecule has 0 heterocycles. The van der Waals surface area contributed by atoms with E-state index in [1.165, 1.54) is 38.5 Å². The molecule has 2 fully saturated rings. The minimum atomic E-state index is 0. The van der Waals surface area contributed by atoms with Crippen LogP contribution in [0, 0.1) is 5.41 Å². The molecule has 0 amide bonds. The van der Waals surface area contributed by atoms with Gasteiger partial charge in [0.2, 0.25) is 0 Å². The summed E-state index contributed by atoms with van der Waals surface area (Å²) in [6.07, 6.45) is 9.31. The molecule has 2 aliphatic rings. The third kappa shape index (κ3) is 4.24. The number of rotatable bonds is 6. The number of guanidine groups is 1. The first-order valence-corrected chi connectivity index (χ1v) is 8.35. The highest BCUT2D eigenvalue weighted by Crippen LogP contribution is 2.54. The molecule has 0 radical (unpaired) electrons. The van der Waals surface area contributed by atoms with Crippen LogP contribution in [-0.2, 0) is 4.74 Å². The van der Waals surface area contributed by atoms with E-state index < -0.39 is 0 Å². The van der Waals surface area contributed by atoms with Crippen molar-refractivity contribution in [1.29, 1.82) is 0 Å². The van der Waals surface area contributed by atoms with Gasteiger partial charge in [-0.1, -0.05) is 26.2 Å². The molecule has 0 aromatic rings. The van der Waals surface area contributed by atoms with E-state index in [9.17, 15) is 0 Å². The summed E-state index contributed by atoms with van der Waals surface area (Å²) in [5.74, 6) is 0.963. The number of hydrogen-bond acceptors (Lipinski definition) is 2. The molecule has 2 saturated carbocycles. The quantitative estimate of drug-likeness (QED) is 0.306. The Morgan fingerprint density at radius 2 is 2.00 bits per heavy atom. The fourth-order valence-corrected chi connectivity index (χ4v) is 3.83. The van der Waals surface area contributed by atoms with E-state index in [0.717, 1.165) is 25.5 Å². The van der Waals surface area contributed by atoms with Gasteiger partial charge in [-0.3, -0.25) is 4.99 Å². The zero-order valence-corrected chi connectivity index (χ0v) is 16.1. The van der Waals surface area contributed by atoms with Crippen LogP contribution in [0.2, 0.25) is 0 Å². The minimum absolute atomic E-state index is 0. The van der Waals surface area contributed by atoms with E-state index in [1.807, 2.05) is 7.05 Å². The summed E-state index contributed by atoms with van der Waals surface area (Å²) in [5, 5.41) is 7.06. The van der Waals surface area contributed by atoms with Crippen LogP contribution >= 0.6 is 24.0 Å². The lowest BCUT2D eigenvalue weighted by molar-refractivity contribution is -0.125. The van der Waals surface area contributed by atoms with Crippen LogP contribution in [0.3, 0.4) is 0 Å². The molecule has 2 unspecified atom stereocenters. The third-order valence-corrected chi connectivity index (χ3v) is 5.04. The largest absolute Gasteiger partial charge is 0.378 e. The molecule has 0 bridgehead atoms. The summed E-state index contributed by atoms with van der Waals surface area (Å²) < 4.78 is 5.96. The standard InChI is InChI=1S/C16H31N3O.HI/c1-4-6-11-18-15(17-3)19-13-12-14(20-5-2)16(13)9-7-8-10-16;/h13-14H,4-12H2,1-3H3,(H2,17,18,19);1H. The van der Waals surface area contributed by atoms with Crippen molar-refractivity contribution in [3.63, 3.8) is 0 Å². The molecule has 0 aromatic carbocycles. The van der Waals surface area contributed by atoms with E-state index in [-0.39, 0.29) is 24.0 Å². The Morgan fingerprint density at radius 3 is 2.57 bits per heavy atom. The van der Waals surface area contributed by atoms with Crippen LogP contribution in [-0.4, -0.2) is 38.3 Å². The van der Waals surface area contributed by atoms with E-state index in [4.69, 9.17) is 4.74 Å². The average molecular weight is 409 g/mol. The maximum atomic E-state index is 5.96. The number of ether oxygens (including phenoxy) is 1. The predicted octanol–water partition coefficient (Wildman–Crippen LogP) is 3.31. The number of hydrogen-bond donors (Lipinski definition) is 2. The maximum absolute atomic E-state index is 5.96. The van der Waals surface area contributed by atoms with Crippen LogP contribution in [0.25, 0.3) is 0 Å². The zero-order chi connectivity index (χ0) is 14.4. The first-order chi connectivity index (χ1) is 9.76. The smallest absolute Gasteiger partial charge is 0.191 e. The topological polar surface area (TPSA) is 45.7 Å². The second-order valence-electron chi connectivity index (χ2n) is 6.17. The van der Waals surface area contributed by atoms with Gasteiger partial charge in [-0.2, -0.15) is 0 Å². The van der Waals surface area contributed by atoms with Gasteiger partial charge >= 0.3 is 0 Å². The molecule has 0 saturated heterocycles. The summed E-state index contributed by atoms with van der Waals surface area (Å²) in [4.78, 5) is 4.36. The van der Waals surface area contributed by atoms with Crippen molar-refractivity contribution >= 4 is 29.9 Å². The Hall–Kier alpha value is -0.0400. The Labute approximate surface area is 146 Å². The van der Waals surface area contributed by atoms with Gasteiger partial charge in [-0.05, 0) is 32.6 Å². The van der Waals surface area contributed by atoms with Crippen LogP contribution in [0.1, 0.15) is 58.8 Å². The Kier molecular flexibility index (Phi) is 8.31. The number of unbranched alkanes of at least 4 members (excludes halogenated alkanes) is 1. The fraction of sp³-hybridized carbons (Fsp3) is 0.938. The summed E-state index contributed by atoms with van der Waals surface area (Å²) in [6.45, 7) is 6.16. The number of aliphatic imine (C=N–C) groups is 1. The van der Waals surface area contributed by atoms with E-state index in [1.54, 1.807) is 0 Å². The highest BCUT2D eigenvalue weighted by atomic mass is 127. The fourth-order valence-electron chi connectivity index (χ4n) is 3.83. The van der Waals surface area contributed by atoms with Crippen molar-refractivity contribution in [3.05, 3.63) is 0 Å². The molecule has 4 nitrogen and oxygen atoms in total. The Morgan fingerprint density at radius 1 is 1.29 bits per heavy atom. The molecule has 5 heteroatoms. The van der Waals surface area contributed by atoms with Crippen LogP contribution in [0.4, 0.5) is 0 Å². The van der Waals surface area contributed by atoms with Gasteiger partial charge in [0.1, 0.15) is 0 Å². The Balaban J connectivity index is 0.00000220. The summed E-state index contributed by atoms with van der Waals surface area (Å²) >= 11 is 0. The first-order valence-electron chi connectivity index (χ1n) is 8.35. The van der Waals surface area contributed by atoms with Crippen molar-refractivity contribution in [2.75, 3.05) is 20.2 Å². The van der Waals surface area contributed by atoms with E-state index in [0.29, 0.717) is 17.6 Å². The van der Waals surface area contributed by atoms with E-state index in [2.05, 4.69) is 29.5 Å². The molecule has 0 aromatic heterocycles. The molecule has 2 atom stereocenters. The minimum Gasteiger partial charge on any atom is -0.378 e. The lowest BCUT2D eigenvalue weighted by Gasteiger charge is -2.54. The molecule has 2 N–H and O–H groups in total. The van der Waals surface area contributed by atoms with Gasteiger partial charge < -0.3 is 15.4 Å². The second-order valence-corrected chi connectivity index (χ2v) is 6.17. The normalized spacial score (nSPS) is 27.1. The summed E-state index contributed by atoms with van der Waals surface area (Å²) in [7, 11) is 1.86. The summed E-state index contributed by atoms with van der Waals surface area (Å²) in [6, 6.07) is 0.536. The second kappa shape index (κ2) is 9.18. The molecule has 21 heavy (non-hydrogen) atoms. The first kappa shape index (κ1) is 19.0. The molecule has 2 aliphatic carbocycles. The average Bonchev–Trinajstić information content (AvgIpc) is 2.97. The molecular formula is C16H32IN3O. The maximum Gasteiger partial charge on any atom is 0.191 e. The molecule has 0 aliphatic heterocycles. The molecule has 124 valence electrons. The van der Waals surface area contributed by atoms with Gasteiger partial charge in [0, 0.05) is 31.7 Å². The Bertz CT molecular complexity index is 329. The van der Waals surface area contributed by atoms with Crippen molar-refractivity contribution < 1.29 is 4.74 Å². The van der Waals surface area contributed by atoms with Gasteiger partial charge in [0.25, 0.3) is 0 Å². The van der Waals surface area contributed by atoms with Crippen LogP contribution < -0.4 is 10.6 Å². The monoisotopic (exact) mass is 409 g/mol. The van der Waals surface area contributed by atoms with Gasteiger partial charge in [-0.15, -0.1) is 24.0 Å². The van der Waals surface area contributed by atoms with Gasteiger partial charge in [0.05, 0.1) is 6.10 Å². The zero-order valence-electron chi connectivity index (χ0n) is 13.8. The number of halogens is 1. The molecular weight excluding hydrogens is 377 g/mol. The number of nitrogens with one attached hydrogen (secondary N) is 2. The highest BCUT2D eigenvalue weighted by Gasteiger charge is 2.56. The van der Waals surface area contributed by atoms with Gasteiger partial charge in [-0.25, -0.2) is 0 Å². The SMILES string of the molecule is CCCCNC(=NC)NC1CC(OCC)C12CCCC2.I. The predicted molar refractivity (Wildman–Crippen MR) is 99.5 cm³/mol. The lowest BCUT2D eigenvalue weighted by atomic mass is 9.60. The van der Waals surface area contributed by atoms with E-state index >= 15 is 0 Å². The van der Waals surface area contributed by atoms with Crippen molar-refractivity contribution in [3.8, 4) is 0 Å².